The Bertz CT molecular complexity index is 1530. The molecule has 0 aromatic heterocycles. The molecular formula is C29H23Cl3N2O5S. The Labute approximate surface area is 250 Å². The highest BCUT2D eigenvalue weighted by molar-refractivity contribution is 8.18. The summed E-state index contributed by atoms with van der Waals surface area (Å²) < 4.78 is 11.7. The van der Waals surface area contributed by atoms with Crippen molar-refractivity contribution < 1.29 is 23.9 Å². The number of methoxy groups -OCH3 is 1. The summed E-state index contributed by atoms with van der Waals surface area (Å²) in [5, 5.41) is 3.28. The van der Waals surface area contributed by atoms with Crippen LogP contribution in [0.5, 0.6) is 11.5 Å². The highest BCUT2D eigenvalue weighted by Crippen LogP contribution is 2.38. The molecule has 0 unspecified atom stereocenters. The predicted octanol–water partition coefficient (Wildman–Crippen LogP) is 7.64. The van der Waals surface area contributed by atoms with Crippen molar-refractivity contribution in [2.24, 2.45) is 0 Å². The number of nitrogens with zero attached hydrogens (tertiary/aromatic N) is 1. The number of allylic oxidation sites excluding steroid dienone is 1. The van der Waals surface area contributed by atoms with Crippen LogP contribution in [0.2, 0.25) is 15.1 Å². The highest BCUT2D eigenvalue weighted by Gasteiger charge is 2.36. The van der Waals surface area contributed by atoms with E-state index in [1.807, 2.05) is 12.1 Å². The number of carbonyl (C=O) groups is 3. The smallest absolute Gasteiger partial charge is 0.294 e. The van der Waals surface area contributed by atoms with Gasteiger partial charge in [-0.1, -0.05) is 59.1 Å². The Hall–Kier alpha value is -3.43. The minimum Gasteiger partial charge on any atom is -0.493 e. The largest absolute Gasteiger partial charge is 0.493 e. The van der Waals surface area contributed by atoms with Gasteiger partial charge in [0.25, 0.3) is 11.1 Å². The van der Waals surface area contributed by atoms with Crippen LogP contribution in [-0.4, -0.2) is 35.6 Å². The molecule has 0 aliphatic carbocycles. The number of carbonyl (C=O) groups excluding carboxylic acids is 3. The zero-order valence-corrected chi connectivity index (χ0v) is 24.3. The Balaban J connectivity index is 1.53. The molecule has 0 atom stereocenters. The van der Waals surface area contributed by atoms with E-state index in [1.54, 1.807) is 54.6 Å². The predicted molar refractivity (Wildman–Crippen MR) is 160 cm³/mol. The van der Waals surface area contributed by atoms with E-state index < -0.39 is 23.6 Å². The number of anilines is 1. The van der Waals surface area contributed by atoms with Gasteiger partial charge >= 0.3 is 0 Å². The quantitative estimate of drug-likeness (QED) is 0.186. The monoisotopic (exact) mass is 616 g/mol. The number of benzene rings is 3. The molecule has 40 heavy (non-hydrogen) atoms. The standard InChI is InChI=1S/C29H23Cl3N2O5S/c1-3-6-19-11-18(13-24(38-2)27(19)39-16-17-9-10-20(30)22(32)12-17)14-25-28(36)34(29(37)40-25)15-26(35)33-23-8-5-4-7-21(23)31/h3-5,7-14H,1,6,15-16H2,2H3,(H,33,35)/b25-14+. The van der Waals surface area contributed by atoms with Gasteiger partial charge in [-0.2, -0.15) is 0 Å². The molecule has 11 heteroatoms. The Morgan fingerprint density at radius 1 is 1.05 bits per heavy atom. The van der Waals surface area contributed by atoms with Gasteiger partial charge in [0.2, 0.25) is 5.91 Å². The minimum atomic E-state index is -0.575. The van der Waals surface area contributed by atoms with E-state index in [9.17, 15) is 14.4 Å². The Morgan fingerprint density at radius 2 is 1.82 bits per heavy atom. The van der Waals surface area contributed by atoms with Crippen molar-refractivity contribution in [1.29, 1.82) is 0 Å². The molecule has 0 radical (unpaired) electrons. The maximum atomic E-state index is 13.0. The molecule has 1 N–H and O–H groups in total. The second-order valence-corrected chi connectivity index (χ2v) is 10.8. The van der Waals surface area contributed by atoms with Crippen LogP contribution in [0.1, 0.15) is 16.7 Å². The first-order valence-electron chi connectivity index (χ1n) is 11.9. The lowest BCUT2D eigenvalue weighted by Gasteiger charge is -2.16. The molecule has 3 aromatic rings. The zero-order valence-electron chi connectivity index (χ0n) is 21.2. The molecule has 1 aliphatic heterocycles. The lowest BCUT2D eigenvalue weighted by atomic mass is 10.0. The van der Waals surface area contributed by atoms with E-state index in [1.165, 1.54) is 7.11 Å². The number of hydrogen-bond acceptors (Lipinski definition) is 6. The van der Waals surface area contributed by atoms with Crippen LogP contribution in [0, 0.1) is 0 Å². The summed E-state index contributed by atoms with van der Waals surface area (Å²) in [5.41, 5.74) is 2.58. The lowest BCUT2D eigenvalue weighted by Crippen LogP contribution is -2.36. The van der Waals surface area contributed by atoms with Crippen molar-refractivity contribution in [3.8, 4) is 11.5 Å². The summed E-state index contributed by atoms with van der Waals surface area (Å²) in [4.78, 5) is 39.2. The molecule has 1 fully saturated rings. The van der Waals surface area contributed by atoms with E-state index >= 15 is 0 Å². The number of thioether (sulfide) groups is 1. The normalized spacial score (nSPS) is 14.0. The van der Waals surface area contributed by atoms with Crippen LogP contribution >= 0.6 is 46.6 Å². The first-order valence-corrected chi connectivity index (χ1v) is 13.8. The molecule has 3 amide bonds. The average molecular weight is 618 g/mol. The van der Waals surface area contributed by atoms with Crippen molar-refractivity contribution >= 4 is 75.4 Å². The van der Waals surface area contributed by atoms with Gasteiger partial charge in [-0.05, 0) is 71.8 Å². The summed E-state index contributed by atoms with van der Waals surface area (Å²) in [6.07, 6.45) is 3.75. The van der Waals surface area contributed by atoms with Crippen molar-refractivity contribution in [3.63, 3.8) is 0 Å². The zero-order chi connectivity index (χ0) is 28.8. The first-order chi connectivity index (χ1) is 19.2. The van der Waals surface area contributed by atoms with Crippen LogP contribution < -0.4 is 14.8 Å². The van der Waals surface area contributed by atoms with Gasteiger partial charge in [0, 0.05) is 5.56 Å². The van der Waals surface area contributed by atoms with Crippen LogP contribution in [0.25, 0.3) is 6.08 Å². The van der Waals surface area contributed by atoms with Gasteiger partial charge in [-0.15, -0.1) is 6.58 Å². The van der Waals surface area contributed by atoms with E-state index in [4.69, 9.17) is 44.3 Å². The van der Waals surface area contributed by atoms with Crippen molar-refractivity contribution in [2.75, 3.05) is 19.0 Å². The third-order valence-electron chi connectivity index (χ3n) is 5.73. The van der Waals surface area contributed by atoms with Crippen LogP contribution in [0.4, 0.5) is 10.5 Å². The number of nitrogens with one attached hydrogen (secondary N) is 1. The average Bonchev–Trinajstić information content (AvgIpc) is 3.18. The molecule has 206 valence electrons. The number of ether oxygens (including phenoxy) is 2. The van der Waals surface area contributed by atoms with E-state index in [-0.39, 0.29) is 11.5 Å². The van der Waals surface area contributed by atoms with Gasteiger partial charge in [0.05, 0.1) is 32.8 Å². The molecule has 0 bridgehead atoms. The summed E-state index contributed by atoms with van der Waals surface area (Å²) in [5.74, 6) is -0.178. The molecule has 0 saturated carbocycles. The van der Waals surface area contributed by atoms with Gasteiger partial charge < -0.3 is 14.8 Å². The molecule has 1 saturated heterocycles. The third kappa shape index (κ3) is 7.01. The number of rotatable bonds is 10. The molecule has 3 aromatic carbocycles. The molecule has 4 rings (SSSR count). The number of imide groups is 1. The summed E-state index contributed by atoms with van der Waals surface area (Å²) >= 11 is 19.0. The number of hydrogen-bond donors (Lipinski definition) is 1. The van der Waals surface area contributed by atoms with E-state index in [0.29, 0.717) is 44.2 Å². The molecular weight excluding hydrogens is 595 g/mol. The second kappa shape index (κ2) is 13.3. The van der Waals surface area contributed by atoms with Crippen molar-refractivity contribution in [1.82, 2.24) is 4.90 Å². The fourth-order valence-electron chi connectivity index (χ4n) is 3.86. The Morgan fingerprint density at radius 3 is 2.52 bits per heavy atom. The third-order valence-corrected chi connectivity index (χ3v) is 7.70. The number of amides is 3. The van der Waals surface area contributed by atoms with Crippen LogP contribution in [0.15, 0.2) is 72.2 Å². The number of para-hydroxylation sites is 1. The molecule has 0 spiro atoms. The minimum absolute atomic E-state index is 0.173. The maximum absolute atomic E-state index is 13.0. The highest BCUT2D eigenvalue weighted by atomic mass is 35.5. The SMILES string of the molecule is C=CCc1cc(/C=C2/SC(=O)N(CC(=O)Nc3ccccc3Cl)C2=O)cc(OC)c1OCc1ccc(Cl)c(Cl)c1. The van der Waals surface area contributed by atoms with Gasteiger partial charge in [-0.3, -0.25) is 19.3 Å². The van der Waals surface area contributed by atoms with Crippen LogP contribution in [0.3, 0.4) is 0 Å². The topological polar surface area (TPSA) is 84.9 Å². The second-order valence-electron chi connectivity index (χ2n) is 8.54. The maximum Gasteiger partial charge on any atom is 0.294 e. The summed E-state index contributed by atoms with van der Waals surface area (Å²) in [6, 6.07) is 15.4. The Kier molecular flexibility index (Phi) is 9.81. The molecule has 1 heterocycles. The summed E-state index contributed by atoms with van der Waals surface area (Å²) in [7, 11) is 1.51. The first kappa shape index (κ1) is 29.6. The van der Waals surface area contributed by atoms with Gasteiger partial charge in [0.15, 0.2) is 11.5 Å². The van der Waals surface area contributed by atoms with Crippen LogP contribution in [-0.2, 0) is 22.6 Å². The number of halogens is 3. The van der Waals surface area contributed by atoms with Crippen molar-refractivity contribution in [3.05, 3.63) is 104 Å². The lowest BCUT2D eigenvalue weighted by molar-refractivity contribution is -0.127. The van der Waals surface area contributed by atoms with Gasteiger partial charge in [-0.25, -0.2) is 0 Å². The fraction of sp³-hybridized carbons (Fsp3) is 0.138. The fourth-order valence-corrected chi connectivity index (χ4v) is 5.20. The van der Waals surface area contributed by atoms with E-state index in [2.05, 4.69) is 11.9 Å². The van der Waals surface area contributed by atoms with E-state index in [0.717, 1.165) is 27.8 Å². The summed E-state index contributed by atoms with van der Waals surface area (Å²) in [6.45, 7) is 3.59. The molecule has 1 aliphatic rings. The molecule has 7 nitrogen and oxygen atoms in total. The van der Waals surface area contributed by atoms with Crippen molar-refractivity contribution in [2.45, 2.75) is 13.0 Å². The van der Waals surface area contributed by atoms with Gasteiger partial charge in [0.1, 0.15) is 13.2 Å².